The average molecular weight is 343 g/mol. The lowest BCUT2D eigenvalue weighted by Crippen LogP contribution is -2.51. The van der Waals surface area contributed by atoms with Crippen molar-refractivity contribution >= 4 is 5.97 Å². The van der Waals surface area contributed by atoms with Gasteiger partial charge >= 0.3 is 5.97 Å². The van der Waals surface area contributed by atoms with Crippen LogP contribution in [0.4, 0.5) is 0 Å². The molecule has 0 bridgehead atoms. The second-order valence-electron chi connectivity index (χ2n) is 6.79. The predicted octanol–water partition coefficient (Wildman–Crippen LogP) is 2.53. The Hall–Kier alpha value is -2.18. The number of pyridine rings is 1. The zero-order valence-electron chi connectivity index (χ0n) is 14.8. The molecule has 25 heavy (non-hydrogen) atoms. The van der Waals surface area contributed by atoms with Crippen molar-refractivity contribution in [1.82, 2.24) is 14.8 Å². The molecule has 6 heteroatoms. The lowest BCUT2D eigenvalue weighted by atomic mass is 9.95. The number of hydrogen-bond acceptors (Lipinski definition) is 5. The van der Waals surface area contributed by atoms with Crippen LogP contribution in [0.5, 0.6) is 0 Å². The Morgan fingerprint density at radius 3 is 2.92 bits per heavy atom. The highest BCUT2D eigenvalue weighted by atomic mass is 16.4. The van der Waals surface area contributed by atoms with Crippen LogP contribution in [0.2, 0.25) is 0 Å². The van der Waals surface area contributed by atoms with E-state index in [1.54, 1.807) is 6.20 Å². The van der Waals surface area contributed by atoms with Crippen molar-refractivity contribution in [3.8, 4) is 0 Å². The highest BCUT2D eigenvalue weighted by molar-refractivity contribution is 5.73. The van der Waals surface area contributed by atoms with Crippen molar-refractivity contribution < 1.29 is 14.3 Å². The molecule has 0 radical (unpaired) electrons. The monoisotopic (exact) mass is 343 g/mol. The smallest absolute Gasteiger partial charge is 0.320 e. The van der Waals surface area contributed by atoms with Gasteiger partial charge in [-0.2, -0.15) is 0 Å². The summed E-state index contributed by atoms with van der Waals surface area (Å²) in [4.78, 5) is 20.2. The fourth-order valence-corrected chi connectivity index (χ4v) is 3.52. The number of piperidine rings is 1. The number of carboxylic acids is 1. The minimum absolute atomic E-state index is 0.246. The van der Waals surface area contributed by atoms with Crippen LogP contribution in [0.3, 0.4) is 0 Å². The molecule has 1 saturated heterocycles. The Morgan fingerprint density at radius 1 is 1.44 bits per heavy atom. The van der Waals surface area contributed by atoms with Gasteiger partial charge in [0.25, 0.3) is 0 Å². The van der Waals surface area contributed by atoms with Gasteiger partial charge < -0.3 is 9.52 Å². The Labute approximate surface area is 148 Å². The zero-order chi connectivity index (χ0) is 17.8. The molecule has 0 aliphatic carbocycles. The van der Waals surface area contributed by atoms with Gasteiger partial charge in [0.1, 0.15) is 17.6 Å². The fraction of sp³-hybridized carbons (Fsp3) is 0.474. The number of aromatic nitrogens is 1. The van der Waals surface area contributed by atoms with Crippen LogP contribution < -0.4 is 0 Å². The summed E-state index contributed by atoms with van der Waals surface area (Å²) >= 11 is 0. The van der Waals surface area contributed by atoms with Crippen LogP contribution in [0.15, 0.2) is 41.1 Å². The van der Waals surface area contributed by atoms with Gasteiger partial charge in [0.2, 0.25) is 0 Å². The first-order valence-electron chi connectivity index (χ1n) is 8.64. The minimum Gasteiger partial charge on any atom is -0.480 e. The first-order chi connectivity index (χ1) is 12.0. The number of aliphatic carboxylic acids is 1. The zero-order valence-corrected chi connectivity index (χ0v) is 14.8. The van der Waals surface area contributed by atoms with Gasteiger partial charge in [-0.15, -0.1) is 0 Å². The van der Waals surface area contributed by atoms with E-state index < -0.39 is 12.0 Å². The highest BCUT2D eigenvalue weighted by Crippen LogP contribution is 2.25. The lowest BCUT2D eigenvalue weighted by Gasteiger charge is -2.40. The number of carbonyl (C=O) groups is 1. The fourth-order valence-electron chi connectivity index (χ4n) is 3.52. The molecule has 6 nitrogen and oxygen atoms in total. The van der Waals surface area contributed by atoms with E-state index >= 15 is 0 Å². The normalized spacial score (nSPS) is 21.6. The van der Waals surface area contributed by atoms with E-state index in [4.69, 9.17) is 4.42 Å². The SMILES string of the molecule is Cc1ccc(CN2CC[C@@H](N(C)Cc3cccnc3)C[C@@H]2C(=O)O)o1. The molecule has 0 spiro atoms. The molecule has 0 unspecified atom stereocenters. The van der Waals surface area contributed by atoms with Crippen LogP contribution in [0.1, 0.15) is 29.9 Å². The molecule has 0 amide bonds. The summed E-state index contributed by atoms with van der Waals surface area (Å²) in [6.45, 7) is 3.97. The molecule has 2 atom stereocenters. The summed E-state index contributed by atoms with van der Waals surface area (Å²) in [5.41, 5.74) is 1.14. The Kier molecular flexibility index (Phi) is 5.50. The molecular weight excluding hydrogens is 318 g/mol. The Balaban J connectivity index is 1.63. The second kappa shape index (κ2) is 7.80. The van der Waals surface area contributed by atoms with Crippen molar-refractivity contribution in [3.63, 3.8) is 0 Å². The predicted molar refractivity (Wildman–Crippen MR) is 94.0 cm³/mol. The molecule has 2 aromatic heterocycles. The number of aryl methyl sites for hydroxylation is 1. The molecule has 3 heterocycles. The maximum atomic E-state index is 11.8. The number of carboxylic acid groups (broad SMARTS) is 1. The molecule has 1 fully saturated rings. The van der Waals surface area contributed by atoms with Crippen LogP contribution >= 0.6 is 0 Å². The first-order valence-corrected chi connectivity index (χ1v) is 8.64. The van der Waals surface area contributed by atoms with Gasteiger partial charge in [-0.3, -0.25) is 19.6 Å². The Morgan fingerprint density at radius 2 is 2.28 bits per heavy atom. The molecule has 2 aromatic rings. The number of hydrogen-bond donors (Lipinski definition) is 1. The van der Waals surface area contributed by atoms with Gasteiger partial charge in [-0.05, 0) is 50.6 Å². The second-order valence-corrected chi connectivity index (χ2v) is 6.79. The van der Waals surface area contributed by atoms with E-state index in [-0.39, 0.29) is 6.04 Å². The molecule has 0 saturated carbocycles. The molecule has 1 aliphatic rings. The van der Waals surface area contributed by atoms with Crippen LogP contribution in [0.25, 0.3) is 0 Å². The molecule has 134 valence electrons. The molecule has 1 N–H and O–H groups in total. The molecule has 3 rings (SSSR count). The number of likely N-dealkylation sites (tertiary alicyclic amines) is 1. The van der Waals surface area contributed by atoms with E-state index in [1.165, 1.54) is 0 Å². The van der Waals surface area contributed by atoms with Crippen LogP contribution in [0, 0.1) is 6.92 Å². The third-order valence-corrected chi connectivity index (χ3v) is 4.90. The van der Waals surface area contributed by atoms with Crippen molar-refractivity contribution in [2.75, 3.05) is 13.6 Å². The number of rotatable bonds is 6. The molecule has 0 aromatic carbocycles. The first kappa shape index (κ1) is 17.6. The Bertz CT molecular complexity index is 701. The van der Waals surface area contributed by atoms with E-state index in [1.807, 2.05) is 42.3 Å². The van der Waals surface area contributed by atoms with Crippen LogP contribution in [-0.4, -0.2) is 51.5 Å². The van der Waals surface area contributed by atoms with Gasteiger partial charge in [0, 0.05) is 31.5 Å². The summed E-state index contributed by atoms with van der Waals surface area (Å²) in [7, 11) is 2.06. The quantitative estimate of drug-likeness (QED) is 0.869. The van der Waals surface area contributed by atoms with Crippen molar-refractivity contribution in [2.24, 2.45) is 0 Å². The van der Waals surface area contributed by atoms with Gasteiger partial charge in [0.05, 0.1) is 6.54 Å². The summed E-state index contributed by atoms with van der Waals surface area (Å²) in [6.07, 6.45) is 5.18. The molecular formula is C19H25N3O3. The third kappa shape index (κ3) is 4.46. The average Bonchev–Trinajstić information content (AvgIpc) is 3.00. The maximum absolute atomic E-state index is 11.8. The summed E-state index contributed by atoms with van der Waals surface area (Å²) in [6, 6.07) is 7.58. The lowest BCUT2D eigenvalue weighted by molar-refractivity contribution is -0.146. The largest absolute Gasteiger partial charge is 0.480 e. The van der Waals surface area contributed by atoms with Crippen molar-refractivity contribution in [1.29, 1.82) is 0 Å². The highest BCUT2D eigenvalue weighted by Gasteiger charge is 2.35. The van der Waals surface area contributed by atoms with Crippen molar-refractivity contribution in [3.05, 3.63) is 53.7 Å². The molecule has 1 aliphatic heterocycles. The van der Waals surface area contributed by atoms with E-state index in [0.29, 0.717) is 13.0 Å². The summed E-state index contributed by atoms with van der Waals surface area (Å²) < 4.78 is 5.62. The van der Waals surface area contributed by atoms with Crippen LogP contribution in [-0.2, 0) is 17.9 Å². The standard InChI is InChI=1S/C19H25N3O3/c1-14-5-6-17(25-14)13-22-9-7-16(10-18(22)19(23)24)21(2)12-15-4-3-8-20-11-15/h3-6,8,11,16,18H,7,9-10,12-13H2,1-2H3,(H,23,24)/t16-,18-/m1/s1. The van der Waals surface area contributed by atoms with Gasteiger partial charge in [-0.1, -0.05) is 6.07 Å². The van der Waals surface area contributed by atoms with Gasteiger partial charge in [-0.25, -0.2) is 0 Å². The summed E-state index contributed by atoms with van der Waals surface area (Å²) in [5.74, 6) is 0.918. The number of nitrogens with zero attached hydrogens (tertiary/aromatic N) is 3. The summed E-state index contributed by atoms with van der Waals surface area (Å²) in [5, 5.41) is 9.68. The van der Waals surface area contributed by atoms with Crippen molar-refractivity contribution in [2.45, 2.75) is 44.9 Å². The number of furan rings is 1. The third-order valence-electron chi connectivity index (χ3n) is 4.90. The van der Waals surface area contributed by atoms with E-state index in [2.05, 4.69) is 16.9 Å². The van der Waals surface area contributed by atoms with E-state index in [0.717, 1.165) is 36.6 Å². The van der Waals surface area contributed by atoms with E-state index in [9.17, 15) is 9.90 Å². The topological polar surface area (TPSA) is 69.8 Å². The van der Waals surface area contributed by atoms with Gasteiger partial charge in [0.15, 0.2) is 0 Å². The maximum Gasteiger partial charge on any atom is 0.320 e. The minimum atomic E-state index is -0.761.